The Kier molecular flexibility index (Phi) is 2.96. The van der Waals surface area contributed by atoms with Gasteiger partial charge in [-0.2, -0.15) is 0 Å². The smallest absolute Gasteiger partial charge is 0.119 e. The van der Waals surface area contributed by atoms with Gasteiger partial charge in [0.15, 0.2) is 0 Å². The third-order valence-corrected chi connectivity index (χ3v) is 3.87. The third-order valence-electron chi connectivity index (χ3n) is 3.58. The highest BCUT2D eigenvalue weighted by atomic mass is 35.5. The van der Waals surface area contributed by atoms with Crippen LogP contribution in [-0.2, 0) is 11.1 Å². The van der Waals surface area contributed by atoms with Gasteiger partial charge in [0.1, 0.15) is 36.1 Å². The molecule has 0 spiro atoms. The summed E-state index contributed by atoms with van der Waals surface area (Å²) in [6.45, 7) is -8.05. The molecule has 0 radical (unpaired) electrons. The van der Waals surface area contributed by atoms with Crippen LogP contribution in [-0.4, -0.2) is 57.9 Å². The molecule has 2 aromatic rings. The van der Waals surface area contributed by atoms with Gasteiger partial charge in [0.05, 0.1) is 26.9 Å². The molecule has 2 aromatic carbocycles. The van der Waals surface area contributed by atoms with Crippen LogP contribution < -0.4 is 4.74 Å². The molecule has 0 bridgehead atoms. The second-order valence-electron chi connectivity index (χ2n) is 5.35. The molecule has 1 aliphatic heterocycles. The Labute approximate surface area is 190 Å². The standard InChI is InChI=1S/C21H25ClO6/c1-2-27-15-6-3-12(4-7-15)9-14-10-13(5-8-16(14)22)21-20(26)19(25)18(24)17(11-23)28-21/h3-8,10,17-21,23-26H,2,9,11H2,1H3/t17-,18-,19+,20-,21+/m1/s1/i1D3,2D2,5D,8D,9D2,10D,17D,18D,19D,20D,21D. The molecule has 1 fully saturated rings. The van der Waals surface area contributed by atoms with Gasteiger partial charge in [-0.1, -0.05) is 35.8 Å². The number of benzene rings is 2. The molecular formula is C21H25ClO6. The minimum absolute atomic E-state index is 0.352. The fourth-order valence-corrected chi connectivity index (χ4v) is 2.39. The summed E-state index contributed by atoms with van der Waals surface area (Å²) in [5, 5.41) is 40.6. The van der Waals surface area contributed by atoms with Crippen LogP contribution in [0.25, 0.3) is 0 Å². The summed E-state index contributed by atoms with van der Waals surface area (Å²) >= 11 is 6.17. The summed E-state index contributed by atoms with van der Waals surface area (Å²) in [5.41, 5.74) is -2.77. The first-order chi connectivity index (χ1) is 19.1. The number of ether oxygens (including phenoxy) is 2. The van der Waals surface area contributed by atoms with Gasteiger partial charge in [-0.25, -0.2) is 0 Å². The average molecular weight is 424 g/mol. The van der Waals surface area contributed by atoms with Gasteiger partial charge in [-0.15, -0.1) is 0 Å². The largest absolute Gasteiger partial charge is 0.494 e. The molecule has 0 unspecified atom stereocenters. The summed E-state index contributed by atoms with van der Waals surface area (Å²) in [6.07, 6.45) is -23.0. The molecule has 6 nitrogen and oxygen atoms in total. The maximum Gasteiger partial charge on any atom is 0.119 e. The number of hydrogen-bond acceptors (Lipinski definition) is 6. The molecule has 5 atom stereocenters. The Hall–Kier alpha value is -1.67. The van der Waals surface area contributed by atoms with E-state index in [4.69, 9.17) is 41.6 Å². The van der Waals surface area contributed by atoms with Crippen LogP contribution >= 0.6 is 11.6 Å². The Balaban J connectivity index is 2.28. The minimum Gasteiger partial charge on any atom is -0.494 e. The van der Waals surface area contributed by atoms with E-state index in [0.717, 1.165) is 24.3 Å². The maximum atomic E-state index is 10.9. The van der Waals surface area contributed by atoms with E-state index in [0.29, 0.717) is 0 Å². The summed E-state index contributed by atoms with van der Waals surface area (Å²) in [6, 6.07) is 0.202. The van der Waals surface area contributed by atoms with Crippen LogP contribution in [0.3, 0.4) is 0 Å². The molecule has 1 aliphatic rings. The molecule has 0 saturated carbocycles. The molecule has 4 N–H and O–H groups in total. The monoisotopic (exact) mass is 423 g/mol. The zero-order chi connectivity index (χ0) is 33.6. The number of halogens is 1. The molecule has 0 amide bonds. The normalized spacial score (nSPS) is 50.0. The van der Waals surface area contributed by atoms with Gasteiger partial charge < -0.3 is 29.9 Å². The minimum atomic E-state index is -4.26. The fourth-order valence-electron chi connectivity index (χ4n) is 2.25. The Morgan fingerprint density at radius 3 is 2.64 bits per heavy atom. The van der Waals surface area contributed by atoms with Crippen LogP contribution in [0.5, 0.6) is 5.75 Å². The van der Waals surface area contributed by atoms with Gasteiger partial charge in [0, 0.05) is 11.9 Å². The first kappa shape index (κ1) is 9.00. The van der Waals surface area contributed by atoms with E-state index in [9.17, 15) is 20.4 Å². The lowest BCUT2D eigenvalue weighted by Gasteiger charge is -2.40. The van der Waals surface area contributed by atoms with Crippen LogP contribution in [0.2, 0.25) is 5.02 Å². The number of rotatable bonds is 6. The van der Waals surface area contributed by atoms with E-state index >= 15 is 0 Å². The summed E-state index contributed by atoms with van der Waals surface area (Å²) in [7, 11) is 0. The van der Waals surface area contributed by atoms with Crippen molar-refractivity contribution < 1.29 is 50.5 Å². The lowest BCUT2D eigenvalue weighted by molar-refractivity contribution is -0.231. The van der Waals surface area contributed by atoms with Crippen molar-refractivity contribution in [1.82, 2.24) is 0 Å². The lowest BCUT2D eigenvalue weighted by atomic mass is 9.90. The number of hydrogen-bond donors (Lipinski definition) is 4. The molecule has 152 valence electrons. The third kappa shape index (κ3) is 4.49. The molecule has 7 heteroatoms. The molecule has 28 heavy (non-hydrogen) atoms. The van der Waals surface area contributed by atoms with E-state index in [-0.39, 0.29) is 11.3 Å². The molecule has 0 aliphatic carbocycles. The summed E-state index contributed by atoms with van der Waals surface area (Å²) in [5.74, 6) is -0.352. The van der Waals surface area contributed by atoms with Gasteiger partial charge in [0.25, 0.3) is 0 Å². The van der Waals surface area contributed by atoms with Crippen molar-refractivity contribution >= 4 is 11.6 Å². The highest BCUT2D eigenvalue weighted by Crippen LogP contribution is 2.34. The lowest BCUT2D eigenvalue weighted by Crippen LogP contribution is -2.55. The first-order valence-corrected chi connectivity index (χ1v) is 8.05. The summed E-state index contributed by atoms with van der Waals surface area (Å²) < 4.78 is 130. The van der Waals surface area contributed by atoms with Crippen molar-refractivity contribution in [2.24, 2.45) is 0 Å². The molecule has 1 saturated heterocycles. The van der Waals surface area contributed by atoms with Crippen molar-refractivity contribution in [3.8, 4) is 5.75 Å². The number of aliphatic hydroxyl groups is 4. The van der Waals surface area contributed by atoms with Crippen molar-refractivity contribution in [3.63, 3.8) is 0 Å². The Morgan fingerprint density at radius 1 is 1.21 bits per heavy atom. The fraction of sp³-hybridized carbons (Fsp3) is 0.429. The van der Waals surface area contributed by atoms with Crippen molar-refractivity contribution in [2.75, 3.05) is 13.2 Å². The van der Waals surface area contributed by atoms with E-state index < -0.39 is 91.1 Å². The van der Waals surface area contributed by atoms with Crippen LogP contribution in [0.1, 0.15) is 50.2 Å². The number of aliphatic hydroxyl groups excluding tert-OH is 1. The van der Waals surface area contributed by atoms with Gasteiger partial charge in [0.2, 0.25) is 0 Å². The highest BCUT2D eigenvalue weighted by Gasteiger charge is 2.43. The molecule has 0 aromatic heterocycles. The van der Waals surface area contributed by atoms with Gasteiger partial charge >= 0.3 is 0 Å². The predicted octanol–water partition coefficient (Wildman–Crippen LogP) is 1.84. The van der Waals surface area contributed by atoms with E-state index in [1.807, 2.05) is 0 Å². The zero-order valence-corrected chi connectivity index (χ0v) is 14.8. The Morgan fingerprint density at radius 2 is 1.96 bits per heavy atom. The predicted molar refractivity (Wildman–Crippen MR) is 105 cm³/mol. The quantitative estimate of drug-likeness (QED) is 0.566. The molecule has 1 heterocycles. The zero-order valence-electron chi connectivity index (χ0n) is 29.0. The second kappa shape index (κ2) is 9.22. The van der Waals surface area contributed by atoms with E-state index in [1.54, 1.807) is 0 Å². The second-order valence-corrected chi connectivity index (χ2v) is 5.73. The maximum absolute atomic E-state index is 10.9. The SMILES string of the molecule is [2H]c1c([2H])c([C@]2([2H])O[C@]([2H])(CO)[C@@]([2H])(O)[C@]([2H])(O)[C@@]2([2H])O)c([2H])c(C([2H])([2H])c2ccc(OC([2H])([2H])C([2H])([2H])[2H])cc2)c1Cl. The highest BCUT2D eigenvalue weighted by molar-refractivity contribution is 6.31. The molecular weight excluding hydrogens is 384 g/mol. The van der Waals surface area contributed by atoms with Crippen LogP contribution in [0, 0.1) is 0 Å². The van der Waals surface area contributed by atoms with Gasteiger partial charge in [-0.3, -0.25) is 0 Å². The van der Waals surface area contributed by atoms with Crippen LogP contribution in [0.4, 0.5) is 0 Å². The summed E-state index contributed by atoms with van der Waals surface area (Å²) in [4.78, 5) is 0. The van der Waals surface area contributed by atoms with E-state index in [2.05, 4.69) is 0 Å². The topological polar surface area (TPSA) is 99.4 Å². The first-order valence-electron chi connectivity index (χ1n) is 15.2. The van der Waals surface area contributed by atoms with Crippen molar-refractivity contribution in [2.45, 2.75) is 43.6 Å². The van der Waals surface area contributed by atoms with Gasteiger partial charge in [-0.05, 0) is 48.1 Å². The average Bonchev–Trinajstić information content (AvgIpc) is 2.85. The molecule has 3 rings (SSSR count). The van der Waals surface area contributed by atoms with Crippen LogP contribution in [0.15, 0.2) is 42.4 Å². The van der Waals surface area contributed by atoms with Crippen molar-refractivity contribution in [3.05, 3.63) is 64.1 Å². The Bertz CT molecular complexity index is 1420. The van der Waals surface area contributed by atoms with E-state index in [1.165, 1.54) is 0 Å². The van der Waals surface area contributed by atoms with Crippen molar-refractivity contribution in [1.29, 1.82) is 0 Å².